The first-order valence-electron chi connectivity index (χ1n) is 7.61. The molecule has 0 aliphatic carbocycles. The lowest BCUT2D eigenvalue weighted by atomic mass is 10.2. The van der Waals surface area contributed by atoms with Crippen LogP contribution in [0, 0.1) is 5.82 Å². The van der Waals surface area contributed by atoms with Gasteiger partial charge in [0.25, 0.3) is 0 Å². The van der Waals surface area contributed by atoms with E-state index in [1.54, 1.807) is 23.0 Å². The van der Waals surface area contributed by atoms with E-state index >= 15 is 0 Å². The van der Waals surface area contributed by atoms with E-state index < -0.39 is 0 Å². The molecule has 5 nitrogen and oxygen atoms in total. The third-order valence-electron chi connectivity index (χ3n) is 3.31. The first-order chi connectivity index (χ1) is 11.5. The van der Waals surface area contributed by atoms with Crippen LogP contribution in [0.2, 0.25) is 0 Å². The Morgan fingerprint density at radius 1 is 1.38 bits per heavy atom. The molecule has 1 heterocycles. The summed E-state index contributed by atoms with van der Waals surface area (Å²) < 4.78 is 16.2. The van der Waals surface area contributed by atoms with Crippen LogP contribution in [0.25, 0.3) is 0 Å². The normalized spacial score (nSPS) is 10.9. The van der Waals surface area contributed by atoms with Gasteiger partial charge in [0, 0.05) is 18.3 Å². The second-order valence-corrected chi connectivity index (χ2v) is 6.91. The van der Waals surface area contributed by atoms with E-state index in [9.17, 15) is 4.39 Å². The van der Waals surface area contributed by atoms with Gasteiger partial charge in [0.15, 0.2) is 10.9 Å². The molecule has 0 aliphatic heterocycles. The average molecular weight is 414 g/mol. The van der Waals surface area contributed by atoms with Crippen molar-refractivity contribution in [3.05, 3.63) is 46.3 Å². The van der Waals surface area contributed by atoms with E-state index in [0.29, 0.717) is 23.0 Å². The van der Waals surface area contributed by atoms with E-state index in [4.69, 9.17) is 12.2 Å². The summed E-state index contributed by atoms with van der Waals surface area (Å²) in [5.41, 5.74) is 0.587. The predicted molar refractivity (Wildman–Crippen MR) is 103 cm³/mol. The number of nitrogens with zero attached hydrogens (tertiary/aromatic N) is 3. The van der Waals surface area contributed by atoms with Crippen molar-refractivity contribution in [2.45, 2.75) is 13.0 Å². The lowest BCUT2D eigenvalue weighted by Gasteiger charge is -2.11. The zero-order chi connectivity index (χ0) is 17.5. The maximum atomic E-state index is 13.7. The van der Waals surface area contributed by atoms with Gasteiger partial charge >= 0.3 is 0 Å². The van der Waals surface area contributed by atoms with Gasteiger partial charge in [0.05, 0.1) is 11.0 Å². The molecule has 130 valence electrons. The smallest absolute Gasteiger partial charge is 0.172 e. The molecule has 0 unspecified atom stereocenters. The van der Waals surface area contributed by atoms with E-state index in [1.807, 2.05) is 20.2 Å². The maximum absolute atomic E-state index is 13.7. The molecule has 0 bridgehead atoms. The molecule has 0 fully saturated rings. The van der Waals surface area contributed by atoms with Crippen molar-refractivity contribution in [2.24, 2.45) is 0 Å². The quantitative estimate of drug-likeness (QED) is 0.539. The molecule has 0 saturated heterocycles. The summed E-state index contributed by atoms with van der Waals surface area (Å²) in [6.45, 7) is 2.14. The first-order valence-corrected chi connectivity index (χ1v) is 8.82. The third kappa shape index (κ3) is 5.85. The fourth-order valence-corrected chi connectivity index (χ4v) is 2.73. The second-order valence-electron chi connectivity index (χ2n) is 5.65. The Labute approximate surface area is 155 Å². The van der Waals surface area contributed by atoms with Crippen LogP contribution < -0.4 is 10.6 Å². The van der Waals surface area contributed by atoms with Crippen molar-refractivity contribution in [1.82, 2.24) is 20.0 Å². The SMILES string of the molecule is CN(C)CCCNC(=S)Nc1nn(Cc2ccccc2F)cc1Br. The lowest BCUT2D eigenvalue weighted by molar-refractivity contribution is 0.400. The highest BCUT2D eigenvalue weighted by Crippen LogP contribution is 2.21. The minimum Gasteiger partial charge on any atom is -0.362 e. The van der Waals surface area contributed by atoms with Crippen molar-refractivity contribution >= 4 is 39.1 Å². The molecule has 2 rings (SSSR count). The minimum absolute atomic E-state index is 0.239. The Kier molecular flexibility index (Phi) is 7.14. The monoisotopic (exact) mass is 413 g/mol. The van der Waals surface area contributed by atoms with Gasteiger partial charge in [-0.3, -0.25) is 4.68 Å². The Morgan fingerprint density at radius 3 is 2.83 bits per heavy atom. The second kappa shape index (κ2) is 9.10. The summed E-state index contributed by atoms with van der Waals surface area (Å²) in [5.74, 6) is 0.369. The zero-order valence-corrected chi connectivity index (χ0v) is 16.1. The summed E-state index contributed by atoms with van der Waals surface area (Å²) in [4.78, 5) is 2.12. The van der Waals surface area contributed by atoms with E-state index in [-0.39, 0.29) is 5.82 Å². The van der Waals surface area contributed by atoms with Gasteiger partial charge < -0.3 is 15.5 Å². The molecule has 1 aromatic carbocycles. The van der Waals surface area contributed by atoms with Gasteiger partial charge in [-0.1, -0.05) is 18.2 Å². The number of nitrogens with one attached hydrogen (secondary N) is 2. The number of thiocarbonyl (C=S) groups is 1. The number of hydrogen-bond donors (Lipinski definition) is 2. The molecule has 2 N–H and O–H groups in total. The van der Waals surface area contributed by atoms with Gasteiger partial charge in [0.1, 0.15) is 5.82 Å². The van der Waals surface area contributed by atoms with E-state index in [1.165, 1.54) is 6.07 Å². The molecule has 24 heavy (non-hydrogen) atoms. The van der Waals surface area contributed by atoms with Crippen molar-refractivity contribution in [2.75, 3.05) is 32.5 Å². The lowest BCUT2D eigenvalue weighted by Crippen LogP contribution is -2.31. The molecule has 2 aromatic rings. The molecule has 0 amide bonds. The van der Waals surface area contributed by atoms with Gasteiger partial charge in [0.2, 0.25) is 0 Å². The minimum atomic E-state index is -0.239. The fourth-order valence-electron chi connectivity index (χ4n) is 2.11. The zero-order valence-electron chi connectivity index (χ0n) is 13.7. The number of hydrogen-bond acceptors (Lipinski definition) is 3. The highest BCUT2D eigenvalue weighted by Gasteiger charge is 2.10. The molecule has 8 heteroatoms. The third-order valence-corrected chi connectivity index (χ3v) is 4.13. The standard InChI is InChI=1S/C16H21BrFN5S/c1-22(2)9-5-8-19-16(24)20-15-13(17)11-23(21-15)10-12-6-3-4-7-14(12)18/h3-4,6-7,11H,5,8-10H2,1-2H3,(H2,19,20,21,24). The largest absolute Gasteiger partial charge is 0.362 e. The van der Waals surface area contributed by atoms with Crippen LogP contribution in [0.5, 0.6) is 0 Å². The summed E-state index contributed by atoms with van der Waals surface area (Å²) in [7, 11) is 4.08. The summed E-state index contributed by atoms with van der Waals surface area (Å²) in [6.07, 6.45) is 2.79. The topological polar surface area (TPSA) is 45.1 Å². The van der Waals surface area contributed by atoms with Crippen molar-refractivity contribution in [3.63, 3.8) is 0 Å². The van der Waals surface area contributed by atoms with Crippen LogP contribution in [0.4, 0.5) is 10.2 Å². The molecule has 0 atom stereocenters. The van der Waals surface area contributed by atoms with E-state index in [2.05, 4.69) is 36.6 Å². The first kappa shape index (κ1) is 18.8. The summed E-state index contributed by atoms with van der Waals surface area (Å²) in [5, 5.41) is 11.1. The van der Waals surface area contributed by atoms with Gasteiger partial charge in [-0.2, -0.15) is 5.10 Å². The highest BCUT2D eigenvalue weighted by atomic mass is 79.9. The average Bonchev–Trinajstić information content (AvgIpc) is 2.85. The molecular weight excluding hydrogens is 393 g/mol. The summed E-state index contributed by atoms with van der Waals surface area (Å²) >= 11 is 8.71. The van der Waals surface area contributed by atoms with Gasteiger partial charge in [-0.05, 0) is 61.3 Å². The fraction of sp³-hybridized carbons (Fsp3) is 0.375. The van der Waals surface area contributed by atoms with Crippen LogP contribution in [-0.4, -0.2) is 47.0 Å². The highest BCUT2D eigenvalue weighted by molar-refractivity contribution is 9.10. The van der Waals surface area contributed by atoms with Crippen LogP contribution in [0.3, 0.4) is 0 Å². The Balaban J connectivity index is 1.89. The maximum Gasteiger partial charge on any atom is 0.172 e. The van der Waals surface area contributed by atoms with Gasteiger partial charge in [-0.25, -0.2) is 4.39 Å². The number of aromatic nitrogens is 2. The Morgan fingerprint density at radius 2 is 2.12 bits per heavy atom. The van der Waals surface area contributed by atoms with Crippen LogP contribution in [0.1, 0.15) is 12.0 Å². The molecule has 1 aromatic heterocycles. The predicted octanol–water partition coefficient (Wildman–Crippen LogP) is 3.07. The molecule has 0 saturated carbocycles. The molecule has 0 spiro atoms. The molecule has 0 radical (unpaired) electrons. The number of benzene rings is 1. The van der Waals surface area contributed by atoms with Crippen LogP contribution >= 0.6 is 28.1 Å². The van der Waals surface area contributed by atoms with Crippen molar-refractivity contribution in [3.8, 4) is 0 Å². The van der Waals surface area contributed by atoms with Crippen LogP contribution in [0.15, 0.2) is 34.9 Å². The van der Waals surface area contributed by atoms with E-state index in [0.717, 1.165) is 24.0 Å². The number of halogens is 2. The summed E-state index contributed by atoms with van der Waals surface area (Å²) in [6, 6.07) is 6.67. The van der Waals surface area contributed by atoms with Gasteiger partial charge in [-0.15, -0.1) is 0 Å². The molecular formula is C16H21BrFN5S. The van der Waals surface area contributed by atoms with Crippen molar-refractivity contribution < 1.29 is 4.39 Å². The molecule has 0 aliphatic rings. The number of rotatable bonds is 7. The van der Waals surface area contributed by atoms with Crippen LogP contribution in [-0.2, 0) is 6.54 Å². The number of anilines is 1. The van der Waals surface area contributed by atoms with Crippen molar-refractivity contribution in [1.29, 1.82) is 0 Å². The Bertz CT molecular complexity index is 689. The Hall–Kier alpha value is -1.51.